The zero-order valence-corrected chi connectivity index (χ0v) is 14.3. The molecule has 0 unspecified atom stereocenters. The second-order valence-electron chi connectivity index (χ2n) is 5.73. The Labute approximate surface area is 151 Å². The first kappa shape index (κ1) is 17.2. The summed E-state index contributed by atoms with van der Waals surface area (Å²) in [7, 11) is 0. The van der Waals surface area contributed by atoms with Crippen LogP contribution in [0, 0.1) is 5.82 Å². The second kappa shape index (κ2) is 7.95. The second-order valence-corrected chi connectivity index (χ2v) is 6.13. The molecular formula is C21H17ClFNO. The maximum Gasteiger partial charge on any atom is 0.255 e. The molecule has 3 aromatic carbocycles. The van der Waals surface area contributed by atoms with Crippen LogP contribution in [-0.2, 0) is 12.8 Å². The molecule has 0 bridgehead atoms. The molecule has 0 aliphatic heterocycles. The van der Waals surface area contributed by atoms with Crippen molar-refractivity contribution >= 4 is 23.2 Å². The quantitative estimate of drug-likeness (QED) is 0.643. The Bertz CT molecular complexity index is 880. The summed E-state index contributed by atoms with van der Waals surface area (Å²) in [6, 6.07) is 21.8. The number of anilines is 1. The standard InChI is InChI=1S/C21H17ClFNO/c22-19-14-17(12-13-20(19)23)24-21(25)18-9-5-4-8-16(18)11-10-15-6-2-1-3-7-15/h1-9,12-14H,10-11H2,(H,24,25). The van der Waals surface area contributed by atoms with Crippen LogP contribution in [0.5, 0.6) is 0 Å². The van der Waals surface area contributed by atoms with Crippen molar-refractivity contribution in [3.8, 4) is 0 Å². The van der Waals surface area contributed by atoms with Gasteiger partial charge < -0.3 is 5.32 Å². The Morgan fingerprint density at radius 3 is 2.40 bits per heavy atom. The first-order chi connectivity index (χ1) is 12.1. The van der Waals surface area contributed by atoms with E-state index in [1.807, 2.05) is 36.4 Å². The van der Waals surface area contributed by atoms with Gasteiger partial charge in [0.15, 0.2) is 0 Å². The van der Waals surface area contributed by atoms with E-state index in [4.69, 9.17) is 11.6 Å². The number of benzene rings is 3. The topological polar surface area (TPSA) is 29.1 Å². The van der Waals surface area contributed by atoms with Crippen molar-refractivity contribution in [3.05, 3.63) is 100 Å². The van der Waals surface area contributed by atoms with E-state index in [2.05, 4.69) is 17.4 Å². The van der Waals surface area contributed by atoms with Crippen molar-refractivity contribution in [2.75, 3.05) is 5.32 Å². The Morgan fingerprint density at radius 2 is 1.64 bits per heavy atom. The molecule has 126 valence electrons. The third kappa shape index (κ3) is 4.46. The van der Waals surface area contributed by atoms with Crippen molar-refractivity contribution in [2.45, 2.75) is 12.8 Å². The number of hydrogen-bond donors (Lipinski definition) is 1. The molecule has 4 heteroatoms. The Hall–Kier alpha value is -2.65. The zero-order chi connectivity index (χ0) is 17.6. The molecule has 0 saturated heterocycles. The van der Waals surface area contributed by atoms with Crippen molar-refractivity contribution in [1.82, 2.24) is 0 Å². The molecule has 0 spiro atoms. The van der Waals surface area contributed by atoms with Gasteiger partial charge in [-0.2, -0.15) is 0 Å². The van der Waals surface area contributed by atoms with Crippen LogP contribution in [0.3, 0.4) is 0 Å². The molecule has 0 radical (unpaired) electrons. The lowest BCUT2D eigenvalue weighted by molar-refractivity contribution is 0.102. The monoisotopic (exact) mass is 353 g/mol. The number of amides is 1. The molecule has 0 aliphatic carbocycles. The normalized spacial score (nSPS) is 10.5. The highest BCUT2D eigenvalue weighted by atomic mass is 35.5. The molecule has 0 atom stereocenters. The highest BCUT2D eigenvalue weighted by Crippen LogP contribution is 2.21. The highest BCUT2D eigenvalue weighted by molar-refractivity contribution is 6.31. The van der Waals surface area contributed by atoms with Crippen LogP contribution in [-0.4, -0.2) is 5.91 Å². The number of hydrogen-bond acceptors (Lipinski definition) is 1. The minimum atomic E-state index is -0.511. The maximum atomic E-state index is 13.2. The molecule has 25 heavy (non-hydrogen) atoms. The molecule has 2 nitrogen and oxygen atoms in total. The molecular weight excluding hydrogens is 337 g/mol. The smallest absolute Gasteiger partial charge is 0.255 e. The Kier molecular flexibility index (Phi) is 5.46. The van der Waals surface area contributed by atoms with Crippen LogP contribution < -0.4 is 5.32 Å². The minimum Gasteiger partial charge on any atom is -0.322 e. The Morgan fingerprint density at radius 1 is 0.920 bits per heavy atom. The van der Waals surface area contributed by atoms with Crippen LogP contribution in [0.2, 0.25) is 5.02 Å². The van der Waals surface area contributed by atoms with Crippen LogP contribution >= 0.6 is 11.6 Å². The number of rotatable bonds is 5. The van der Waals surface area contributed by atoms with Gasteiger partial charge in [0.25, 0.3) is 5.91 Å². The molecule has 0 fully saturated rings. The van der Waals surface area contributed by atoms with E-state index in [1.165, 1.54) is 23.8 Å². The molecule has 3 aromatic rings. The molecule has 0 saturated carbocycles. The Balaban J connectivity index is 1.75. The average molecular weight is 354 g/mol. The highest BCUT2D eigenvalue weighted by Gasteiger charge is 2.12. The third-order valence-electron chi connectivity index (χ3n) is 3.97. The summed E-state index contributed by atoms with van der Waals surface area (Å²) >= 11 is 5.77. The zero-order valence-electron chi connectivity index (χ0n) is 13.5. The molecule has 1 amide bonds. The van der Waals surface area contributed by atoms with E-state index in [0.29, 0.717) is 11.3 Å². The molecule has 0 aliphatic rings. The summed E-state index contributed by atoms with van der Waals surface area (Å²) in [5.74, 6) is -0.741. The summed E-state index contributed by atoms with van der Waals surface area (Å²) in [6.07, 6.45) is 1.62. The first-order valence-corrected chi connectivity index (χ1v) is 8.39. The van der Waals surface area contributed by atoms with Crippen molar-refractivity contribution in [3.63, 3.8) is 0 Å². The van der Waals surface area contributed by atoms with Gasteiger partial charge in [-0.15, -0.1) is 0 Å². The summed E-state index contributed by atoms with van der Waals surface area (Å²) in [4.78, 5) is 12.6. The number of carbonyl (C=O) groups is 1. The summed E-state index contributed by atoms with van der Waals surface area (Å²) < 4.78 is 13.2. The lowest BCUT2D eigenvalue weighted by atomic mass is 9.99. The molecule has 3 rings (SSSR count). The number of halogens is 2. The molecule has 1 N–H and O–H groups in total. The fraction of sp³-hybridized carbons (Fsp3) is 0.0952. The number of nitrogens with one attached hydrogen (secondary N) is 1. The van der Waals surface area contributed by atoms with Gasteiger partial charge in [0.2, 0.25) is 0 Å². The van der Waals surface area contributed by atoms with Gasteiger partial charge in [-0.1, -0.05) is 60.1 Å². The maximum absolute atomic E-state index is 13.2. The largest absolute Gasteiger partial charge is 0.322 e. The van der Waals surface area contributed by atoms with E-state index in [-0.39, 0.29) is 10.9 Å². The van der Waals surface area contributed by atoms with Crippen molar-refractivity contribution in [1.29, 1.82) is 0 Å². The SMILES string of the molecule is O=C(Nc1ccc(F)c(Cl)c1)c1ccccc1CCc1ccccc1. The van der Waals surface area contributed by atoms with Crippen LogP contribution in [0.1, 0.15) is 21.5 Å². The van der Waals surface area contributed by atoms with Gasteiger partial charge in [-0.3, -0.25) is 4.79 Å². The number of aryl methyl sites for hydroxylation is 2. The molecule has 0 aromatic heterocycles. The van der Waals surface area contributed by atoms with Gasteiger partial charge in [0, 0.05) is 11.3 Å². The van der Waals surface area contributed by atoms with Crippen LogP contribution in [0.15, 0.2) is 72.8 Å². The van der Waals surface area contributed by atoms with Gasteiger partial charge >= 0.3 is 0 Å². The predicted molar refractivity (Wildman–Crippen MR) is 99.7 cm³/mol. The fourth-order valence-corrected chi connectivity index (χ4v) is 2.84. The van der Waals surface area contributed by atoms with Gasteiger partial charge in [-0.25, -0.2) is 4.39 Å². The average Bonchev–Trinajstić information content (AvgIpc) is 2.64. The lowest BCUT2D eigenvalue weighted by Gasteiger charge is -2.11. The van der Waals surface area contributed by atoms with E-state index in [0.717, 1.165) is 18.4 Å². The number of carbonyl (C=O) groups excluding carboxylic acids is 1. The van der Waals surface area contributed by atoms with E-state index in [1.54, 1.807) is 6.07 Å². The van der Waals surface area contributed by atoms with Crippen LogP contribution in [0.25, 0.3) is 0 Å². The van der Waals surface area contributed by atoms with Gasteiger partial charge in [-0.05, 0) is 48.2 Å². The summed E-state index contributed by atoms with van der Waals surface area (Å²) in [5.41, 5.74) is 3.27. The van der Waals surface area contributed by atoms with E-state index < -0.39 is 5.82 Å². The third-order valence-corrected chi connectivity index (χ3v) is 4.25. The fourth-order valence-electron chi connectivity index (χ4n) is 2.66. The molecule has 0 heterocycles. The van der Waals surface area contributed by atoms with Crippen molar-refractivity contribution in [2.24, 2.45) is 0 Å². The summed E-state index contributed by atoms with van der Waals surface area (Å²) in [6.45, 7) is 0. The van der Waals surface area contributed by atoms with Gasteiger partial charge in [0.05, 0.1) is 5.02 Å². The van der Waals surface area contributed by atoms with Gasteiger partial charge in [0.1, 0.15) is 5.82 Å². The van der Waals surface area contributed by atoms with Crippen molar-refractivity contribution < 1.29 is 9.18 Å². The lowest BCUT2D eigenvalue weighted by Crippen LogP contribution is -2.14. The van der Waals surface area contributed by atoms with E-state index >= 15 is 0 Å². The van der Waals surface area contributed by atoms with E-state index in [9.17, 15) is 9.18 Å². The minimum absolute atomic E-state index is 0.0184. The predicted octanol–water partition coefficient (Wildman–Crippen LogP) is 5.52. The summed E-state index contributed by atoms with van der Waals surface area (Å²) in [5, 5.41) is 2.76. The first-order valence-electron chi connectivity index (χ1n) is 8.02. The van der Waals surface area contributed by atoms with Crippen LogP contribution in [0.4, 0.5) is 10.1 Å².